The Morgan fingerprint density at radius 1 is 1.10 bits per heavy atom. The lowest BCUT2D eigenvalue weighted by Crippen LogP contribution is -2.35. The zero-order chi connectivity index (χ0) is 22.3. The number of carbonyl (C=O) groups excluding carboxylic acids is 1. The fourth-order valence-electron chi connectivity index (χ4n) is 4.29. The van der Waals surface area contributed by atoms with Gasteiger partial charge < -0.3 is 15.5 Å². The van der Waals surface area contributed by atoms with Crippen LogP contribution in [-0.2, 0) is 21.2 Å². The Morgan fingerprint density at radius 2 is 1.87 bits per heavy atom. The zero-order valence-corrected chi connectivity index (χ0v) is 19.8. The summed E-state index contributed by atoms with van der Waals surface area (Å²) in [7, 11) is -3.12. The van der Waals surface area contributed by atoms with Gasteiger partial charge in [0.25, 0.3) is 0 Å². The number of carbonyl (C=O) groups is 1. The fourth-order valence-corrected chi connectivity index (χ4v) is 5.85. The van der Waals surface area contributed by atoms with E-state index in [9.17, 15) is 13.2 Å². The predicted octanol–water partition coefficient (Wildman–Crippen LogP) is 1.99. The monoisotopic (exact) mass is 450 g/mol. The highest BCUT2D eigenvalue weighted by Crippen LogP contribution is 2.25. The number of nitrogens with zero attached hydrogens (tertiary/aromatic N) is 2. The second-order valence-electron chi connectivity index (χ2n) is 8.92. The molecular weight excluding hydrogens is 412 g/mol. The van der Waals surface area contributed by atoms with E-state index in [0.29, 0.717) is 31.3 Å². The molecule has 1 aromatic carbocycles. The van der Waals surface area contributed by atoms with Crippen molar-refractivity contribution in [2.24, 2.45) is 5.92 Å². The van der Waals surface area contributed by atoms with Crippen molar-refractivity contribution in [2.45, 2.75) is 52.0 Å². The summed E-state index contributed by atoms with van der Waals surface area (Å²) >= 11 is 0. The quantitative estimate of drug-likeness (QED) is 0.533. The standard InChI is InChI=1S/C23H38N4O3S/c1-19(18-21-6-8-22(9-7-21)27-15-5-17-31(27,29)30)20(2)25-11-3-4-14-26-16-13-24-12-10-23(26)28/h6-9,19-20,24-25H,3-5,10-18H2,1-2H3. The van der Waals surface area contributed by atoms with Crippen LogP contribution in [0, 0.1) is 5.92 Å². The second-order valence-corrected chi connectivity index (χ2v) is 10.9. The van der Waals surface area contributed by atoms with Gasteiger partial charge in [0.2, 0.25) is 15.9 Å². The molecule has 2 aliphatic rings. The third-order valence-corrected chi connectivity index (χ3v) is 8.35. The van der Waals surface area contributed by atoms with Crippen molar-refractivity contribution in [3.8, 4) is 0 Å². The molecule has 1 aromatic rings. The van der Waals surface area contributed by atoms with Crippen LogP contribution in [0.1, 0.15) is 45.1 Å². The van der Waals surface area contributed by atoms with Crippen molar-refractivity contribution >= 4 is 21.6 Å². The molecule has 0 bridgehead atoms. The van der Waals surface area contributed by atoms with E-state index in [1.807, 2.05) is 17.0 Å². The van der Waals surface area contributed by atoms with E-state index >= 15 is 0 Å². The minimum Gasteiger partial charge on any atom is -0.341 e. The van der Waals surface area contributed by atoms with Gasteiger partial charge in [0, 0.05) is 45.2 Å². The summed E-state index contributed by atoms with van der Waals surface area (Å²) in [5, 5.41) is 6.90. The molecule has 0 spiro atoms. The average Bonchev–Trinajstić information content (AvgIpc) is 2.97. The molecule has 174 valence electrons. The van der Waals surface area contributed by atoms with E-state index in [1.165, 1.54) is 9.87 Å². The predicted molar refractivity (Wildman–Crippen MR) is 126 cm³/mol. The minimum absolute atomic E-state index is 0.251. The van der Waals surface area contributed by atoms with Gasteiger partial charge in [-0.2, -0.15) is 0 Å². The first-order chi connectivity index (χ1) is 14.9. The molecule has 0 radical (unpaired) electrons. The number of hydrogen-bond acceptors (Lipinski definition) is 5. The maximum Gasteiger partial charge on any atom is 0.235 e. The van der Waals surface area contributed by atoms with Crippen LogP contribution in [0.5, 0.6) is 0 Å². The molecule has 2 N–H and O–H groups in total. The van der Waals surface area contributed by atoms with Crippen LogP contribution in [0.25, 0.3) is 0 Å². The van der Waals surface area contributed by atoms with E-state index in [4.69, 9.17) is 0 Å². The molecule has 2 unspecified atom stereocenters. The molecule has 2 heterocycles. The van der Waals surface area contributed by atoms with Gasteiger partial charge in [-0.3, -0.25) is 9.10 Å². The molecule has 1 amide bonds. The first-order valence-electron chi connectivity index (χ1n) is 11.7. The van der Waals surface area contributed by atoms with Gasteiger partial charge in [0.15, 0.2) is 0 Å². The molecule has 2 fully saturated rings. The number of nitrogens with one attached hydrogen (secondary N) is 2. The number of sulfonamides is 1. The summed E-state index contributed by atoms with van der Waals surface area (Å²) < 4.78 is 25.7. The molecule has 31 heavy (non-hydrogen) atoms. The molecule has 0 aliphatic carbocycles. The summed E-state index contributed by atoms with van der Waals surface area (Å²) in [6.07, 6.45) is 4.36. The van der Waals surface area contributed by atoms with Crippen LogP contribution >= 0.6 is 0 Å². The van der Waals surface area contributed by atoms with Crippen molar-refractivity contribution in [1.82, 2.24) is 15.5 Å². The van der Waals surface area contributed by atoms with Gasteiger partial charge in [-0.15, -0.1) is 0 Å². The lowest BCUT2D eigenvalue weighted by atomic mass is 9.94. The number of hydrogen-bond donors (Lipinski definition) is 2. The Labute approximate surface area is 187 Å². The average molecular weight is 451 g/mol. The number of anilines is 1. The van der Waals surface area contributed by atoms with Crippen LogP contribution in [0.3, 0.4) is 0 Å². The molecule has 0 saturated carbocycles. The van der Waals surface area contributed by atoms with Crippen molar-refractivity contribution in [1.29, 1.82) is 0 Å². The largest absolute Gasteiger partial charge is 0.341 e. The van der Waals surface area contributed by atoms with Crippen LogP contribution < -0.4 is 14.9 Å². The van der Waals surface area contributed by atoms with E-state index < -0.39 is 10.0 Å². The SMILES string of the molecule is CC(Cc1ccc(N2CCCS2(=O)=O)cc1)C(C)NCCCCN1CCNCCC1=O. The van der Waals surface area contributed by atoms with Gasteiger partial charge in [0.1, 0.15) is 0 Å². The van der Waals surface area contributed by atoms with E-state index in [-0.39, 0.29) is 11.7 Å². The van der Waals surface area contributed by atoms with Crippen LogP contribution in [0.2, 0.25) is 0 Å². The van der Waals surface area contributed by atoms with Crippen molar-refractivity contribution in [2.75, 3.05) is 49.3 Å². The van der Waals surface area contributed by atoms with E-state index in [1.54, 1.807) is 0 Å². The maximum atomic E-state index is 12.1. The fraction of sp³-hybridized carbons (Fsp3) is 0.696. The van der Waals surface area contributed by atoms with Gasteiger partial charge >= 0.3 is 0 Å². The highest BCUT2D eigenvalue weighted by molar-refractivity contribution is 7.93. The van der Waals surface area contributed by atoms with Crippen LogP contribution in [0.4, 0.5) is 5.69 Å². The van der Waals surface area contributed by atoms with Crippen molar-refractivity contribution in [3.05, 3.63) is 29.8 Å². The number of unbranched alkanes of at least 4 members (excludes halogenated alkanes) is 1. The normalized spacial score (nSPS) is 21.2. The Balaban J connectivity index is 1.36. The molecule has 8 heteroatoms. The highest BCUT2D eigenvalue weighted by Gasteiger charge is 2.28. The zero-order valence-electron chi connectivity index (χ0n) is 19.0. The maximum absolute atomic E-state index is 12.1. The number of rotatable bonds is 10. The van der Waals surface area contributed by atoms with Crippen LogP contribution in [-0.4, -0.2) is 70.3 Å². The Bertz CT molecular complexity index is 813. The Morgan fingerprint density at radius 3 is 2.58 bits per heavy atom. The lowest BCUT2D eigenvalue weighted by Gasteiger charge is -2.23. The third kappa shape index (κ3) is 6.92. The second kappa shape index (κ2) is 11.3. The topological polar surface area (TPSA) is 81.8 Å². The van der Waals surface area contributed by atoms with Gasteiger partial charge in [-0.1, -0.05) is 19.1 Å². The molecular formula is C23H38N4O3S. The minimum atomic E-state index is -3.12. The van der Waals surface area contributed by atoms with Crippen molar-refractivity contribution < 1.29 is 13.2 Å². The molecule has 2 atom stereocenters. The molecule has 2 aliphatic heterocycles. The van der Waals surface area contributed by atoms with Gasteiger partial charge in [-0.25, -0.2) is 8.42 Å². The molecule has 2 saturated heterocycles. The van der Waals surface area contributed by atoms with Gasteiger partial charge in [0.05, 0.1) is 11.4 Å². The number of amides is 1. The Kier molecular flexibility index (Phi) is 8.75. The van der Waals surface area contributed by atoms with E-state index in [2.05, 4.69) is 36.6 Å². The van der Waals surface area contributed by atoms with E-state index in [0.717, 1.165) is 57.7 Å². The molecule has 7 nitrogen and oxygen atoms in total. The highest BCUT2D eigenvalue weighted by atomic mass is 32.2. The first-order valence-corrected chi connectivity index (χ1v) is 13.3. The molecule has 3 rings (SSSR count). The third-order valence-electron chi connectivity index (χ3n) is 6.48. The first kappa shape index (κ1) is 24.0. The number of benzene rings is 1. The molecule has 0 aromatic heterocycles. The smallest absolute Gasteiger partial charge is 0.235 e. The lowest BCUT2D eigenvalue weighted by molar-refractivity contribution is -0.130. The summed E-state index contributed by atoms with van der Waals surface area (Å²) in [5.41, 5.74) is 2.01. The summed E-state index contributed by atoms with van der Waals surface area (Å²) in [6.45, 7) is 9.38. The van der Waals surface area contributed by atoms with Gasteiger partial charge in [-0.05, 0) is 62.8 Å². The summed E-state index contributed by atoms with van der Waals surface area (Å²) in [6, 6.07) is 8.37. The summed E-state index contributed by atoms with van der Waals surface area (Å²) in [5.74, 6) is 0.994. The Hall–Kier alpha value is -1.64. The summed E-state index contributed by atoms with van der Waals surface area (Å²) in [4.78, 5) is 14.0. The van der Waals surface area contributed by atoms with Crippen LogP contribution in [0.15, 0.2) is 24.3 Å². The van der Waals surface area contributed by atoms with Crippen molar-refractivity contribution in [3.63, 3.8) is 0 Å².